The molecule has 2 aromatic carbocycles. The third-order valence-electron chi connectivity index (χ3n) is 4.54. The quantitative estimate of drug-likeness (QED) is 0.432. The van der Waals surface area contributed by atoms with Gasteiger partial charge in [0.1, 0.15) is 12.0 Å². The molecule has 0 spiro atoms. The molecule has 0 aliphatic rings. The van der Waals surface area contributed by atoms with Gasteiger partial charge in [-0.2, -0.15) is 0 Å². The lowest BCUT2D eigenvalue weighted by Gasteiger charge is -2.14. The first-order valence-electron chi connectivity index (χ1n) is 9.13. The molecule has 0 saturated carbocycles. The van der Waals surface area contributed by atoms with Crippen LogP contribution >= 0.6 is 0 Å². The van der Waals surface area contributed by atoms with Gasteiger partial charge in [0.05, 0.1) is 5.52 Å². The average Bonchev–Trinajstić information content (AvgIpc) is 2.71. The molecular formula is C22H20N6O. The number of nitrogens with two attached hydrogens (primary N) is 1. The lowest BCUT2D eigenvalue weighted by Crippen LogP contribution is -2.06. The van der Waals surface area contributed by atoms with Crippen LogP contribution in [0.15, 0.2) is 60.9 Å². The molecule has 4 N–H and O–H groups in total. The van der Waals surface area contributed by atoms with Gasteiger partial charge in [0, 0.05) is 28.0 Å². The summed E-state index contributed by atoms with van der Waals surface area (Å²) in [7, 11) is 0. The molecule has 4 rings (SSSR count). The van der Waals surface area contributed by atoms with Crippen LogP contribution in [0.2, 0.25) is 0 Å². The van der Waals surface area contributed by atoms with E-state index >= 15 is 0 Å². The van der Waals surface area contributed by atoms with E-state index in [4.69, 9.17) is 5.73 Å². The van der Waals surface area contributed by atoms with Crippen molar-refractivity contribution in [2.24, 2.45) is 0 Å². The van der Waals surface area contributed by atoms with E-state index in [1.54, 1.807) is 18.2 Å². The monoisotopic (exact) mass is 384 g/mol. The van der Waals surface area contributed by atoms with Crippen molar-refractivity contribution in [3.63, 3.8) is 0 Å². The van der Waals surface area contributed by atoms with E-state index in [0.29, 0.717) is 22.9 Å². The van der Waals surface area contributed by atoms with E-state index in [1.807, 2.05) is 43.3 Å². The van der Waals surface area contributed by atoms with Gasteiger partial charge >= 0.3 is 0 Å². The molecule has 7 heteroatoms. The minimum atomic E-state index is -0.00790. The molecule has 0 unspecified atom stereocenters. The molecule has 0 saturated heterocycles. The summed E-state index contributed by atoms with van der Waals surface area (Å²) in [6.45, 7) is 3.49. The van der Waals surface area contributed by atoms with Gasteiger partial charge < -0.3 is 16.4 Å². The Morgan fingerprint density at radius 2 is 1.72 bits per heavy atom. The van der Waals surface area contributed by atoms with Crippen molar-refractivity contribution >= 4 is 45.4 Å². The van der Waals surface area contributed by atoms with Crippen LogP contribution < -0.4 is 16.4 Å². The van der Waals surface area contributed by atoms with Crippen LogP contribution in [0.25, 0.3) is 10.9 Å². The lowest BCUT2D eigenvalue weighted by atomic mass is 10.1. The van der Waals surface area contributed by atoms with Crippen molar-refractivity contribution in [2.75, 3.05) is 16.4 Å². The fraction of sp³-hybridized carbons (Fsp3) is 0.0909. The predicted molar refractivity (Wildman–Crippen MR) is 116 cm³/mol. The number of hydrogen-bond donors (Lipinski definition) is 3. The molecule has 0 bridgehead atoms. The highest BCUT2D eigenvalue weighted by molar-refractivity contribution is 5.96. The third-order valence-corrected chi connectivity index (χ3v) is 4.54. The Kier molecular flexibility index (Phi) is 4.78. The Bertz CT molecular complexity index is 1220. The Morgan fingerprint density at radius 3 is 2.52 bits per heavy atom. The Balaban J connectivity index is 1.66. The number of nitrogen functional groups attached to an aromatic ring is 1. The van der Waals surface area contributed by atoms with Crippen molar-refractivity contribution in [1.82, 2.24) is 15.0 Å². The van der Waals surface area contributed by atoms with Gasteiger partial charge in [-0.05, 0) is 50.2 Å². The molecule has 0 atom stereocenters. The fourth-order valence-corrected chi connectivity index (χ4v) is 3.04. The summed E-state index contributed by atoms with van der Waals surface area (Å²) in [5.41, 5.74) is 10.7. The van der Waals surface area contributed by atoms with Gasteiger partial charge in [-0.3, -0.25) is 9.78 Å². The van der Waals surface area contributed by atoms with Gasteiger partial charge in [0.15, 0.2) is 17.4 Å². The van der Waals surface area contributed by atoms with E-state index in [2.05, 4.69) is 25.6 Å². The van der Waals surface area contributed by atoms with Crippen LogP contribution in [-0.2, 0) is 0 Å². The minimum Gasteiger partial charge on any atom is -0.393 e. The number of carbonyl (C=O) groups is 1. The maximum Gasteiger partial charge on any atom is 0.159 e. The van der Waals surface area contributed by atoms with Gasteiger partial charge in [-0.25, -0.2) is 9.97 Å². The highest BCUT2D eigenvalue weighted by atomic mass is 16.1. The summed E-state index contributed by atoms with van der Waals surface area (Å²) in [6.07, 6.45) is 1.43. The standard InChI is InChI=1S/C22H20N6O/c1-13-9-10-17-18(26-13)7-4-8-19(17)28-22-20(23)21(24-12-25-22)27-16-6-3-5-15(11-16)14(2)29/h3-12H,23H2,1-2H3,(H2,24,25,27,28). The highest BCUT2D eigenvalue weighted by Gasteiger charge is 2.11. The smallest absolute Gasteiger partial charge is 0.159 e. The van der Waals surface area contributed by atoms with Crippen molar-refractivity contribution in [3.05, 3.63) is 72.2 Å². The van der Waals surface area contributed by atoms with Crippen LogP contribution in [0.1, 0.15) is 23.0 Å². The van der Waals surface area contributed by atoms with Gasteiger partial charge in [0.25, 0.3) is 0 Å². The Morgan fingerprint density at radius 1 is 0.966 bits per heavy atom. The zero-order chi connectivity index (χ0) is 20.4. The number of ketones is 1. The van der Waals surface area contributed by atoms with Crippen LogP contribution in [0.3, 0.4) is 0 Å². The number of nitrogens with one attached hydrogen (secondary N) is 2. The third kappa shape index (κ3) is 3.84. The lowest BCUT2D eigenvalue weighted by molar-refractivity contribution is 0.101. The number of Topliss-reactive ketones (excluding diaryl/α,β-unsaturated/α-hetero) is 1. The summed E-state index contributed by atoms with van der Waals surface area (Å²) < 4.78 is 0. The number of nitrogens with zero attached hydrogens (tertiary/aromatic N) is 3. The SMILES string of the molecule is CC(=O)c1cccc(Nc2ncnc(Nc3cccc4nc(C)ccc34)c2N)c1. The molecule has 0 amide bonds. The molecule has 0 radical (unpaired) electrons. The first kappa shape index (κ1) is 18.4. The Labute approximate surface area is 168 Å². The van der Waals surface area contributed by atoms with Crippen LogP contribution in [0.5, 0.6) is 0 Å². The highest BCUT2D eigenvalue weighted by Crippen LogP contribution is 2.31. The number of aryl methyl sites for hydroxylation is 1. The number of pyridine rings is 1. The normalized spacial score (nSPS) is 10.7. The second-order valence-corrected chi connectivity index (χ2v) is 6.70. The second kappa shape index (κ2) is 7.55. The molecule has 0 aliphatic heterocycles. The van der Waals surface area contributed by atoms with Crippen molar-refractivity contribution in [2.45, 2.75) is 13.8 Å². The van der Waals surface area contributed by atoms with Crippen molar-refractivity contribution in [3.8, 4) is 0 Å². The maximum atomic E-state index is 11.6. The molecule has 0 aliphatic carbocycles. The number of benzene rings is 2. The molecule has 7 nitrogen and oxygen atoms in total. The van der Waals surface area contributed by atoms with Crippen LogP contribution in [0, 0.1) is 6.92 Å². The van der Waals surface area contributed by atoms with Gasteiger partial charge in [0.2, 0.25) is 0 Å². The van der Waals surface area contributed by atoms with E-state index in [0.717, 1.165) is 28.0 Å². The number of fused-ring (bicyclic) bond motifs is 1. The number of aromatic nitrogens is 3. The van der Waals surface area contributed by atoms with E-state index in [9.17, 15) is 4.79 Å². The van der Waals surface area contributed by atoms with Gasteiger partial charge in [-0.15, -0.1) is 0 Å². The summed E-state index contributed by atoms with van der Waals surface area (Å²) in [5, 5.41) is 7.41. The topological polar surface area (TPSA) is 106 Å². The van der Waals surface area contributed by atoms with Crippen LogP contribution in [0.4, 0.5) is 28.7 Å². The first-order valence-corrected chi connectivity index (χ1v) is 9.13. The van der Waals surface area contributed by atoms with Crippen molar-refractivity contribution < 1.29 is 4.79 Å². The van der Waals surface area contributed by atoms with E-state index < -0.39 is 0 Å². The number of hydrogen-bond acceptors (Lipinski definition) is 7. The van der Waals surface area contributed by atoms with Crippen LogP contribution in [-0.4, -0.2) is 20.7 Å². The zero-order valence-electron chi connectivity index (χ0n) is 16.1. The zero-order valence-corrected chi connectivity index (χ0v) is 16.1. The maximum absolute atomic E-state index is 11.6. The molecule has 2 heterocycles. The summed E-state index contributed by atoms with van der Waals surface area (Å²) in [5.74, 6) is 0.933. The molecule has 4 aromatic rings. The Hall–Kier alpha value is -4.00. The predicted octanol–water partition coefficient (Wildman–Crippen LogP) is 4.61. The average molecular weight is 384 g/mol. The number of carbonyl (C=O) groups excluding carboxylic acids is 1. The van der Waals surface area contributed by atoms with E-state index in [-0.39, 0.29) is 5.78 Å². The largest absolute Gasteiger partial charge is 0.393 e. The summed E-state index contributed by atoms with van der Waals surface area (Å²) in [4.78, 5) is 24.7. The summed E-state index contributed by atoms with van der Waals surface area (Å²) in [6, 6.07) is 17.0. The number of anilines is 5. The van der Waals surface area contributed by atoms with Gasteiger partial charge in [-0.1, -0.05) is 18.2 Å². The van der Waals surface area contributed by atoms with E-state index in [1.165, 1.54) is 13.3 Å². The first-order chi connectivity index (χ1) is 14.0. The second-order valence-electron chi connectivity index (χ2n) is 6.70. The fourth-order valence-electron chi connectivity index (χ4n) is 3.04. The van der Waals surface area contributed by atoms with Crippen molar-refractivity contribution in [1.29, 1.82) is 0 Å². The summed E-state index contributed by atoms with van der Waals surface area (Å²) >= 11 is 0. The number of rotatable bonds is 5. The molecule has 2 aromatic heterocycles. The molecular weight excluding hydrogens is 364 g/mol. The molecule has 29 heavy (non-hydrogen) atoms. The molecule has 0 fully saturated rings. The molecule has 144 valence electrons. The minimum absolute atomic E-state index is 0.00790.